The maximum atomic E-state index is 13.4. The van der Waals surface area contributed by atoms with Crippen LogP contribution >= 0.6 is 0 Å². The lowest BCUT2D eigenvalue weighted by atomic mass is 9.43. The second-order valence-electron chi connectivity index (χ2n) is 11.3. The van der Waals surface area contributed by atoms with Gasteiger partial charge in [0.15, 0.2) is 0 Å². The topological polar surface area (TPSA) is 94.8 Å². The van der Waals surface area contributed by atoms with E-state index < -0.39 is 12.1 Å². The number of carboxylic acid groups (broad SMARTS) is 1. The minimum absolute atomic E-state index is 0.0246. The van der Waals surface area contributed by atoms with Crippen LogP contribution in [0.4, 0.5) is 0 Å². The molecule has 0 amide bonds. The van der Waals surface area contributed by atoms with Crippen molar-refractivity contribution in [2.24, 2.45) is 46.3 Å². The molecule has 4 aliphatic carbocycles. The Morgan fingerprint density at radius 2 is 1.86 bits per heavy atom. The van der Waals surface area contributed by atoms with Gasteiger partial charge in [0.2, 0.25) is 0 Å². The smallest absolute Gasteiger partial charge is 0.303 e. The highest BCUT2D eigenvalue weighted by atomic mass is 16.4. The molecule has 5 nitrogen and oxygen atoms in total. The van der Waals surface area contributed by atoms with E-state index in [0.29, 0.717) is 25.0 Å². The maximum Gasteiger partial charge on any atom is 0.303 e. The van der Waals surface area contributed by atoms with Crippen molar-refractivity contribution < 1.29 is 24.9 Å². The first-order chi connectivity index (χ1) is 13.6. The summed E-state index contributed by atoms with van der Waals surface area (Å²) in [5.74, 6) is 0.775. The normalized spacial score (nSPS) is 50.4. The molecule has 0 radical (unpaired) electrons. The van der Waals surface area contributed by atoms with E-state index in [4.69, 9.17) is 5.11 Å². The second-order valence-corrected chi connectivity index (χ2v) is 11.3. The number of hydrogen-bond donors (Lipinski definition) is 3. The summed E-state index contributed by atoms with van der Waals surface area (Å²) in [6.45, 7) is 6.62. The van der Waals surface area contributed by atoms with Crippen molar-refractivity contribution in [1.29, 1.82) is 0 Å². The average Bonchev–Trinajstić information content (AvgIpc) is 3.01. The quantitative estimate of drug-likeness (QED) is 0.662. The fourth-order valence-electron chi connectivity index (χ4n) is 8.40. The van der Waals surface area contributed by atoms with Gasteiger partial charge in [0.1, 0.15) is 5.78 Å². The lowest BCUT2D eigenvalue weighted by molar-refractivity contribution is -0.182. The first-order valence-electron chi connectivity index (χ1n) is 11.7. The molecule has 4 saturated carbocycles. The Bertz CT molecular complexity index is 676. The van der Waals surface area contributed by atoms with E-state index in [9.17, 15) is 19.8 Å². The molecule has 5 unspecified atom stereocenters. The third-order valence-electron chi connectivity index (χ3n) is 10.1. The molecule has 5 heteroatoms. The summed E-state index contributed by atoms with van der Waals surface area (Å²) in [5, 5.41) is 30.7. The third kappa shape index (κ3) is 3.18. The van der Waals surface area contributed by atoms with E-state index in [1.165, 1.54) is 0 Å². The minimum atomic E-state index is -0.762. The zero-order valence-corrected chi connectivity index (χ0v) is 18.1. The molecule has 4 rings (SSSR count). The Labute approximate surface area is 174 Å². The summed E-state index contributed by atoms with van der Waals surface area (Å²) in [6.07, 6.45) is 5.74. The number of fused-ring (bicyclic) bond motifs is 5. The molecule has 4 aliphatic rings. The van der Waals surface area contributed by atoms with Gasteiger partial charge in [-0.3, -0.25) is 9.59 Å². The second kappa shape index (κ2) is 7.33. The minimum Gasteiger partial charge on any atom is -0.481 e. The van der Waals surface area contributed by atoms with Gasteiger partial charge in [-0.1, -0.05) is 20.8 Å². The number of Topliss-reactive ketones (excluding diaryl/α,β-unsaturated/α-hetero) is 1. The van der Waals surface area contributed by atoms with Gasteiger partial charge in [-0.15, -0.1) is 0 Å². The summed E-state index contributed by atoms with van der Waals surface area (Å²) >= 11 is 0. The molecule has 29 heavy (non-hydrogen) atoms. The van der Waals surface area contributed by atoms with Gasteiger partial charge < -0.3 is 15.3 Å². The molecule has 0 aromatic carbocycles. The van der Waals surface area contributed by atoms with Crippen LogP contribution in [0.2, 0.25) is 0 Å². The van der Waals surface area contributed by atoms with Gasteiger partial charge in [-0.05, 0) is 80.0 Å². The first-order valence-corrected chi connectivity index (χ1v) is 11.7. The molecule has 0 aromatic heterocycles. The number of aliphatic hydroxyl groups is 2. The summed E-state index contributed by atoms with van der Waals surface area (Å²) in [6, 6.07) is 0. The van der Waals surface area contributed by atoms with Gasteiger partial charge in [0, 0.05) is 24.2 Å². The number of ketones is 1. The van der Waals surface area contributed by atoms with Crippen molar-refractivity contribution in [2.75, 3.05) is 0 Å². The zero-order valence-electron chi connectivity index (χ0n) is 18.1. The largest absolute Gasteiger partial charge is 0.481 e. The van der Waals surface area contributed by atoms with Crippen LogP contribution in [-0.4, -0.2) is 39.3 Å². The number of carbonyl (C=O) groups excluding carboxylic acids is 1. The van der Waals surface area contributed by atoms with Crippen molar-refractivity contribution in [2.45, 2.75) is 90.8 Å². The van der Waals surface area contributed by atoms with Gasteiger partial charge in [0.05, 0.1) is 12.2 Å². The van der Waals surface area contributed by atoms with Crippen molar-refractivity contribution >= 4 is 11.8 Å². The van der Waals surface area contributed by atoms with Gasteiger partial charge >= 0.3 is 5.97 Å². The van der Waals surface area contributed by atoms with E-state index in [1.54, 1.807) is 0 Å². The molecule has 0 saturated heterocycles. The molecule has 164 valence electrons. The number of carbonyl (C=O) groups is 2. The molecule has 0 aromatic rings. The van der Waals surface area contributed by atoms with Crippen LogP contribution in [0.15, 0.2) is 0 Å². The molecule has 0 bridgehead atoms. The highest BCUT2D eigenvalue weighted by Gasteiger charge is 2.65. The van der Waals surface area contributed by atoms with Crippen LogP contribution in [0, 0.1) is 46.3 Å². The zero-order chi connectivity index (χ0) is 21.1. The summed E-state index contributed by atoms with van der Waals surface area (Å²) < 4.78 is 0. The summed E-state index contributed by atoms with van der Waals surface area (Å²) in [4.78, 5) is 24.4. The Morgan fingerprint density at radius 1 is 1.14 bits per heavy atom. The van der Waals surface area contributed by atoms with Crippen molar-refractivity contribution in [3.8, 4) is 0 Å². The Balaban J connectivity index is 1.62. The van der Waals surface area contributed by atoms with Crippen molar-refractivity contribution in [3.63, 3.8) is 0 Å². The van der Waals surface area contributed by atoms with E-state index >= 15 is 0 Å². The van der Waals surface area contributed by atoms with Gasteiger partial charge in [-0.25, -0.2) is 0 Å². The van der Waals surface area contributed by atoms with Crippen LogP contribution in [0.25, 0.3) is 0 Å². The first kappa shape index (κ1) is 21.3. The predicted octanol–water partition coefficient (Wildman–Crippen LogP) is 3.66. The molecule has 3 N–H and O–H groups in total. The number of hydrogen-bond acceptors (Lipinski definition) is 4. The lowest BCUT2D eigenvalue weighted by Gasteiger charge is -2.61. The standard InChI is InChI=1S/C24H38O5/c1-13(4-7-21(28)29)16-5-6-17-22-18(12-20(27)24(16,17)3)23(2)9-8-15(25)10-14(23)11-19(22)26/h13-18,20,22,25,27H,4-12H2,1-3H3,(H,28,29)/t13?,14?,15-,16-,17?,18?,20+,22?,23+,24-/m1/s1. The summed E-state index contributed by atoms with van der Waals surface area (Å²) in [5.41, 5.74) is -0.265. The van der Waals surface area contributed by atoms with Crippen molar-refractivity contribution in [3.05, 3.63) is 0 Å². The molecule has 0 aliphatic heterocycles. The lowest BCUT2D eigenvalue weighted by Crippen LogP contribution is -2.61. The Hall–Kier alpha value is -0.940. The molecular formula is C24H38O5. The van der Waals surface area contributed by atoms with E-state index in [0.717, 1.165) is 32.1 Å². The monoisotopic (exact) mass is 406 g/mol. The predicted molar refractivity (Wildman–Crippen MR) is 109 cm³/mol. The summed E-state index contributed by atoms with van der Waals surface area (Å²) in [7, 11) is 0. The Morgan fingerprint density at radius 3 is 2.55 bits per heavy atom. The van der Waals surface area contributed by atoms with Crippen LogP contribution in [-0.2, 0) is 9.59 Å². The number of aliphatic hydroxyl groups excluding tert-OH is 2. The van der Waals surface area contributed by atoms with E-state index in [-0.39, 0.29) is 58.9 Å². The fourth-order valence-corrected chi connectivity index (χ4v) is 8.40. The SMILES string of the molecule is CC(CCC(=O)O)[C@H]1CCC2C3C(=O)CC4C[C@H](O)CC[C@]4(C)C3C[C@H](O)[C@@]21C. The van der Waals surface area contributed by atoms with Crippen LogP contribution < -0.4 is 0 Å². The molecule has 0 spiro atoms. The van der Waals surface area contributed by atoms with Crippen LogP contribution in [0.5, 0.6) is 0 Å². The van der Waals surface area contributed by atoms with Crippen LogP contribution in [0.3, 0.4) is 0 Å². The molecular weight excluding hydrogens is 368 g/mol. The Kier molecular flexibility index (Phi) is 5.39. The molecule has 0 heterocycles. The van der Waals surface area contributed by atoms with Crippen LogP contribution in [0.1, 0.15) is 78.6 Å². The number of carboxylic acids is 1. The van der Waals surface area contributed by atoms with Crippen molar-refractivity contribution in [1.82, 2.24) is 0 Å². The maximum absolute atomic E-state index is 13.4. The highest BCUT2D eigenvalue weighted by Crippen LogP contribution is 2.67. The van der Waals surface area contributed by atoms with Gasteiger partial charge in [-0.2, -0.15) is 0 Å². The number of aliphatic carboxylic acids is 1. The third-order valence-corrected chi connectivity index (χ3v) is 10.1. The van der Waals surface area contributed by atoms with E-state index in [2.05, 4.69) is 20.8 Å². The van der Waals surface area contributed by atoms with E-state index in [1.807, 2.05) is 0 Å². The fraction of sp³-hybridized carbons (Fsp3) is 0.917. The number of rotatable bonds is 4. The average molecular weight is 407 g/mol. The highest BCUT2D eigenvalue weighted by molar-refractivity contribution is 5.83. The molecule has 10 atom stereocenters. The van der Waals surface area contributed by atoms with Gasteiger partial charge in [0.25, 0.3) is 0 Å². The molecule has 4 fully saturated rings.